The molecule has 1 nitrogen and oxygen atoms in total. The molecule has 0 aliphatic carbocycles. The number of nitrogens with two attached hydrogens (primary N) is 1. The second-order valence-electron chi connectivity index (χ2n) is 4.54. The van der Waals surface area contributed by atoms with E-state index in [1.54, 1.807) is 6.07 Å². The van der Waals surface area contributed by atoms with Gasteiger partial charge in [-0.1, -0.05) is 13.8 Å². The van der Waals surface area contributed by atoms with Gasteiger partial charge >= 0.3 is 0 Å². The predicted molar refractivity (Wildman–Crippen MR) is 64.5 cm³/mol. The molecule has 0 aliphatic rings. The molecule has 1 aromatic carbocycles. The normalized spacial score (nSPS) is 11.8. The van der Waals surface area contributed by atoms with Crippen LogP contribution in [0.2, 0.25) is 0 Å². The van der Waals surface area contributed by atoms with Crippen LogP contribution in [-0.2, 0) is 0 Å². The summed E-state index contributed by atoms with van der Waals surface area (Å²) in [6.07, 6.45) is 0.952. The van der Waals surface area contributed by atoms with E-state index in [2.05, 4.69) is 13.8 Å². The summed E-state index contributed by atoms with van der Waals surface area (Å²) < 4.78 is 25.6. The van der Waals surface area contributed by atoms with Crippen molar-refractivity contribution in [2.45, 2.75) is 25.2 Å². The van der Waals surface area contributed by atoms with Crippen LogP contribution in [0.15, 0.2) is 23.1 Å². The molecule has 0 unspecified atom stereocenters. The molecule has 0 bridgehead atoms. The van der Waals surface area contributed by atoms with Gasteiger partial charge in [0.25, 0.3) is 0 Å². The van der Waals surface area contributed by atoms with Crippen LogP contribution in [0.5, 0.6) is 0 Å². The molecule has 1 rings (SSSR count). The van der Waals surface area contributed by atoms with Gasteiger partial charge in [0.15, 0.2) is 11.6 Å². The van der Waals surface area contributed by atoms with Crippen molar-refractivity contribution in [3.05, 3.63) is 29.8 Å². The summed E-state index contributed by atoms with van der Waals surface area (Å²) in [7, 11) is 0. The first-order valence-corrected chi connectivity index (χ1v) is 6.21. The van der Waals surface area contributed by atoms with Crippen LogP contribution in [0.3, 0.4) is 0 Å². The van der Waals surface area contributed by atoms with Gasteiger partial charge in [-0.15, -0.1) is 11.8 Å². The zero-order valence-corrected chi connectivity index (χ0v) is 10.4. The van der Waals surface area contributed by atoms with E-state index in [0.717, 1.165) is 23.1 Å². The lowest BCUT2D eigenvalue weighted by Gasteiger charge is -2.21. The van der Waals surface area contributed by atoms with Gasteiger partial charge < -0.3 is 5.73 Å². The Morgan fingerprint density at radius 2 is 1.94 bits per heavy atom. The molecule has 0 aliphatic heterocycles. The third-order valence-electron chi connectivity index (χ3n) is 2.49. The largest absolute Gasteiger partial charge is 0.330 e. The van der Waals surface area contributed by atoms with Crippen molar-refractivity contribution in [1.29, 1.82) is 0 Å². The molecule has 4 heteroatoms. The number of hydrogen-bond donors (Lipinski definition) is 1. The number of rotatable bonds is 5. The highest BCUT2D eigenvalue weighted by Crippen LogP contribution is 2.26. The predicted octanol–water partition coefficient (Wildman–Crippen LogP) is 3.43. The highest BCUT2D eigenvalue weighted by Gasteiger charge is 2.15. The molecule has 0 spiro atoms. The summed E-state index contributed by atoms with van der Waals surface area (Å²) in [6, 6.07) is 3.99. The van der Waals surface area contributed by atoms with Crippen molar-refractivity contribution in [1.82, 2.24) is 0 Å². The lowest BCUT2D eigenvalue weighted by molar-refractivity contribution is 0.368. The van der Waals surface area contributed by atoms with E-state index >= 15 is 0 Å². The van der Waals surface area contributed by atoms with Gasteiger partial charge in [0.1, 0.15) is 0 Å². The van der Waals surface area contributed by atoms with Crippen LogP contribution in [0.4, 0.5) is 8.78 Å². The van der Waals surface area contributed by atoms with Crippen molar-refractivity contribution in [3.8, 4) is 0 Å². The van der Waals surface area contributed by atoms with Crippen molar-refractivity contribution >= 4 is 11.8 Å². The molecule has 90 valence electrons. The van der Waals surface area contributed by atoms with Crippen molar-refractivity contribution in [2.24, 2.45) is 11.1 Å². The molecular formula is C12H17F2NS. The highest BCUT2D eigenvalue weighted by atomic mass is 32.2. The Kier molecular flexibility index (Phi) is 4.74. The number of benzene rings is 1. The summed E-state index contributed by atoms with van der Waals surface area (Å²) in [4.78, 5) is 0.756. The Balaban J connectivity index is 2.46. The van der Waals surface area contributed by atoms with Crippen molar-refractivity contribution in [3.63, 3.8) is 0 Å². The van der Waals surface area contributed by atoms with E-state index in [1.807, 2.05) is 0 Å². The van der Waals surface area contributed by atoms with E-state index in [0.29, 0.717) is 6.54 Å². The first kappa shape index (κ1) is 13.5. The lowest BCUT2D eigenvalue weighted by Crippen LogP contribution is -2.23. The van der Waals surface area contributed by atoms with Gasteiger partial charge in [-0.3, -0.25) is 0 Å². The van der Waals surface area contributed by atoms with Crippen LogP contribution < -0.4 is 5.73 Å². The minimum atomic E-state index is -0.799. The van der Waals surface area contributed by atoms with Crippen molar-refractivity contribution in [2.75, 3.05) is 12.3 Å². The Labute approximate surface area is 99.4 Å². The fraction of sp³-hybridized carbons (Fsp3) is 0.500. The van der Waals surface area contributed by atoms with E-state index in [4.69, 9.17) is 5.73 Å². The fourth-order valence-corrected chi connectivity index (χ4v) is 2.36. The molecule has 0 amide bonds. The monoisotopic (exact) mass is 245 g/mol. The maximum Gasteiger partial charge on any atom is 0.159 e. The fourth-order valence-electron chi connectivity index (χ4n) is 1.11. The molecule has 0 saturated heterocycles. The van der Waals surface area contributed by atoms with Crippen LogP contribution in [0, 0.1) is 17.0 Å². The average molecular weight is 245 g/mol. The Hall–Kier alpha value is -0.610. The molecule has 0 heterocycles. The number of thioether (sulfide) groups is 1. The van der Waals surface area contributed by atoms with Gasteiger partial charge in [-0.05, 0) is 42.3 Å². The molecule has 0 fully saturated rings. The maximum atomic E-state index is 12.9. The van der Waals surface area contributed by atoms with Crippen LogP contribution >= 0.6 is 11.8 Å². The van der Waals surface area contributed by atoms with E-state index in [1.165, 1.54) is 17.8 Å². The maximum absolute atomic E-state index is 12.9. The Morgan fingerprint density at radius 1 is 1.25 bits per heavy atom. The number of hydrogen-bond acceptors (Lipinski definition) is 2. The average Bonchev–Trinajstić information content (AvgIpc) is 2.23. The molecule has 0 radical (unpaired) electrons. The van der Waals surface area contributed by atoms with Gasteiger partial charge in [0.05, 0.1) is 0 Å². The smallest absolute Gasteiger partial charge is 0.159 e. The Morgan fingerprint density at radius 3 is 2.50 bits per heavy atom. The van der Waals surface area contributed by atoms with E-state index < -0.39 is 11.6 Å². The number of halogens is 2. The van der Waals surface area contributed by atoms with Gasteiger partial charge in [-0.2, -0.15) is 0 Å². The molecular weight excluding hydrogens is 228 g/mol. The zero-order chi connectivity index (χ0) is 12.2. The third kappa shape index (κ3) is 4.10. The first-order valence-electron chi connectivity index (χ1n) is 5.22. The molecule has 1 aromatic rings. The van der Waals surface area contributed by atoms with E-state index in [9.17, 15) is 8.78 Å². The van der Waals surface area contributed by atoms with Crippen LogP contribution in [0.25, 0.3) is 0 Å². The summed E-state index contributed by atoms with van der Waals surface area (Å²) in [5.74, 6) is -0.732. The second kappa shape index (κ2) is 5.64. The standard InChI is InChI=1S/C12H17F2NS/c1-12(2,8-15)5-6-16-9-3-4-10(13)11(14)7-9/h3-4,7H,5-6,8,15H2,1-2H3. The zero-order valence-electron chi connectivity index (χ0n) is 9.59. The quantitative estimate of drug-likeness (QED) is 0.804. The van der Waals surface area contributed by atoms with E-state index in [-0.39, 0.29) is 5.41 Å². The molecule has 2 N–H and O–H groups in total. The summed E-state index contributed by atoms with van der Waals surface area (Å²) in [5.41, 5.74) is 5.71. The van der Waals surface area contributed by atoms with Gasteiger partial charge in [-0.25, -0.2) is 8.78 Å². The van der Waals surface area contributed by atoms with Crippen LogP contribution in [-0.4, -0.2) is 12.3 Å². The molecule has 16 heavy (non-hydrogen) atoms. The first-order chi connectivity index (χ1) is 7.44. The third-order valence-corrected chi connectivity index (χ3v) is 3.49. The SMILES string of the molecule is CC(C)(CN)CCSc1ccc(F)c(F)c1. The van der Waals surface area contributed by atoms with Gasteiger partial charge in [0, 0.05) is 4.90 Å². The highest BCUT2D eigenvalue weighted by molar-refractivity contribution is 7.99. The molecule has 0 atom stereocenters. The molecule has 0 aromatic heterocycles. The summed E-state index contributed by atoms with van der Waals surface area (Å²) >= 11 is 1.52. The molecule has 0 saturated carbocycles. The Bertz CT molecular complexity index is 353. The summed E-state index contributed by atoms with van der Waals surface area (Å²) in [6.45, 7) is 4.82. The second-order valence-corrected chi connectivity index (χ2v) is 5.71. The summed E-state index contributed by atoms with van der Waals surface area (Å²) in [5, 5.41) is 0. The topological polar surface area (TPSA) is 26.0 Å². The van der Waals surface area contributed by atoms with Gasteiger partial charge in [0.2, 0.25) is 0 Å². The minimum Gasteiger partial charge on any atom is -0.330 e. The lowest BCUT2D eigenvalue weighted by atomic mass is 9.91. The van der Waals surface area contributed by atoms with Crippen LogP contribution in [0.1, 0.15) is 20.3 Å². The minimum absolute atomic E-state index is 0.103. The van der Waals surface area contributed by atoms with Crippen molar-refractivity contribution < 1.29 is 8.78 Å².